The highest BCUT2D eigenvalue weighted by Crippen LogP contribution is 2.48. The molecule has 0 spiro atoms. The van der Waals surface area contributed by atoms with E-state index in [1.165, 1.54) is 0 Å². The molecule has 0 N–H and O–H groups in total. The molecular formula is C18H24. The molecule has 0 amide bonds. The van der Waals surface area contributed by atoms with Crippen molar-refractivity contribution < 1.29 is 0 Å². The molecule has 1 rings (SSSR count). The molecule has 0 radical (unpaired) electrons. The zero-order valence-electron chi connectivity index (χ0n) is 11.2. The minimum atomic E-state index is 0.335. The normalized spacial score (nSPS) is 39.3. The minimum Gasteiger partial charge on any atom is -0.103 e. The largest absolute Gasteiger partial charge is 0.103 e. The molecule has 0 bridgehead atoms. The summed E-state index contributed by atoms with van der Waals surface area (Å²) in [5.41, 5.74) is 0. The smallest absolute Gasteiger partial charge is 0.00987 e. The maximum Gasteiger partial charge on any atom is -0.00987 e. The summed E-state index contributed by atoms with van der Waals surface area (Å²) in [5.74, 6) is 2.01. The number of hydrogen-bond donors (Lipinski definition) is 0. The van der Waals surface area contributed by atoms with Gasteiger partial charge in [0.1, 0.15) is 0 Å². The molecule has 0 aromatic rings. The Hall–Kier alpha value is -1.56. The summed E-state index contributed by atoms with van der Waals surface area (Å²) in [5, 5.41) is 0. The second-order valence-electron chi connectivity index (χ2n) is 4.88. The molecule has 0 heterocycles. The van der Waals surface area contributed by atoms with Gasteiger partial charge in [0, 0.05) is 0 Å². The third kappa shape index (κ3) is 2.20. The van der Waals surface area contributed by atoms with Crippen LogP contribution >= 0.6 is 0 Å². The predicted molar refractivity (Wildman–Crippen MR) is 82.1 cm³/mol. The lowest BCUT2D eigenvalue weighted by molar-refractivity contribution is 0.126. The average molecular weight is 240 g/mol. The van der Waals surface area contributed by atoms with Crippen LogP contribution in [0.15, 0.2) is 75.9 Å². The van der Waals surface area contributed by atoms with Crippen molar-refractivity contribution in [2.24, 2.45) is 35.5 Å². The Bertz CT molecular complexity index is 255. The molecule has 0 heteroatoms. The summed E-state index contributed by atoms with van der Waals surface area (Å²) < 4.78 is 0. The lowest BCUT2D eigenvalue weighted by Crippen LogP contribution is -2.42. The van der Waals surface area contributed by atoms with Gasteiger partial charge in [0.05, 0.1) is 0 Å². The zero-order chi connectivity index (χ0) is 13.7. The first-order valence-corrected chi connectivity index (χ1v) is 6.45. The molecule has 0 atom stereocenters. The number of rotatable bonds is 6. The van der Waals surface area contributed by atoms with E-state index in [9.17, 15) is 0 Å². The van der Waals surface area contributed by atoms with Gasteiger partial charge >= 0.3 is 0 Å². The number of allylic oxidation sites excluding steroid dienone is 6. The van der Waals surface area contributed by atoms with Crippen molar-refractivity contribution >= 4 is 0 Å². The van der Waals surface area contributed by atoms with E-state index in [2.05, 4.69) is 39.5 Å². The molecule has 0 aliphatic heterocycles. The van der Waals surface area contributed by atoms with Gasteiger partial charge in [-0.3, -0.25) is 0 Å². The SMILES string of the molecule is C=CC1C(C=C)C(C=C)C(C=C)C(C=C)C1C=C. The van der Waals surface area contributed by atoms with Crippen LogP contribution in [0.1, 0.15) is 0 Å². The van der Waals surface area contributed by atoms with Crippen molar-refractivity contribution in [2.75, 3.05) is 0 Å². The van der Waals surface area contributed by atoms with Crippen LogP contribution in [0.2, 0.25) is 0 Å². The van der Waals surface area contributed by atoms with Gasteiger partial charge in [0.15, 0.2) is 0 Å². The lowest BCUT2D eigenvalue weighted by Gasteiger charge is -2.47. The summed E-state index contributed by atoms with van der Waals surface area (Å²) in [6.07, 6.45) is 12.1. The molecule has 0 aromatic heterocycles. The highest BCUT2D eigenvalue weighted by molar-refractivity contribution is 5.18. The Morgan fingerprint density at radius 3 is 0.500 bits per heavy atom. The molecule has 1 aliphatic carbocycles. The highest BCUT2D eigenvalue weighted by atomic mass is 14.5. The van der Waals surface area contributed by atoms with E-state index in [4.69, 9.17) is 0 Å². The van der Waals surface area contributed by atoms with E-state index in [0.717, 1.165) is 0 Å². The van der Waals surface area contributed by atoms with Crippen molar-refractivity contribution in [1.82, 2.24) is 0 Å². The van der Waals surface area contributed by atoms with Crippen LogP contribution in [0.25, 0.3) is 0 Å². The van der Waals surface area contributed by atoms with Gasteiger partial charge in [-0.15, -0.1) is 39.5 Å². The Morgan fingerprint density at radius 2 is 0.444 bits per heavy atom. The molecule has 1 aliphatic rings. The summed E-state index contributed by atoms with van der Waals surface area (Å²) >= 11 is 0. The van der Waals surface area contributed by atoms with E-state index in [1.807, 2.05) is 36.5 Å². The molecule has 96 valence electrons. The van der Waals surface area contributed by atoms with Crippen LogP contribution in [-0.2, 0) is 0 Å². The average Bonchev–Trinajstić information content (AvgIpc) is 2.43. The van der Waals surface area contributed by atoms with Crippen molar-refractivity contribution in [2.45, 2.75) is 0 Å². The van der Waals surface area contributed by atoms with Gasteiger partial charge < -0.3 is 0 Å². The van der Waals surface area contributed by atoms with Crippen LogP contribution < -0.4 is 0 Å². The summed E-state index contributed by atoms with van der Waals surface area (Å²) in [6.45, 7) is 23.9. The second-order valence-corrected chi connectivity index (χ2v) is 4.88. The van der Waals surface area contributed by atoms with Crippen molar-refractivity contribution in [3.8, 4) is 0 Å². The van der Waals surface area contributed by atoms with Gasteiger partial charge in [-0.2, -0.15) is 0 Å². The number of hydrogen-bond acceptors (Lipinski definition) is 0. The fourth-order valence-corrected chi connectivity index (χ4v) is 3.43. The third-order valence-corrected chi connectivity index (χ3v) is 4.30. The molecule has 1 saturated carbocycles. The lowest BCUT2D eigenvalue weighted by atomic mass is 9.57. The quantitative estimate of drug-likeness (QED) is 0.584. The van der Waals surface area contributed by atoms with Crippen LogP contribution in [0.3, 0.4) is 0 Å². The van der Waals surface area contributed by atoms with Crippen molar-refractivity contribution in [3.05, 3.63) is 75.9 Å². The fourth-order valence-electron chi connectivity index (χ4n) is 3.43. The Labute approximate surface area is 112 Å². The Balaban J connectivity index is 3.30. The molecule has 0 saturated heterocycles. The zero-order valence-corrected chi connectivity index (χ0v) is 11.2. The molecule has 0 unspecified atom stereocenters. The van der Waals surface area contributed by atoms with Crippen molar-refractivity contribution in [1.29, 1.82) is 0 Å². The second kappa shape index (κ2) is 6.39. The van der Waals surface area contributed by atoms with Gasteiger partial charge in [-0.1, -0.05) is 36.5 Å². The van der Waals surface area contributed by atoms with Crippen LogP contribution in [0, 0.1) is 35.5 Å². The minimum absolute atomic E-state index is 0.335. The molecule has 1 fully saturated rings. The van der Waals surface area contributed by atoms with Gasteiger partial charge in [0.2, 0.25) is 0 Å². The molecule has 18 heavy (non-hydrogen) atoms. The van der Waals surface area contributed by atoms with Crippen LogP contribution in [0.4, 0.5) is 0 Å². The first kappa shape index (κ1) is 14.5. The predicted octanol–water partition coefficient (Wildman–Crippen LogP) is 4.81. The van der Waals surface area contributed by atoms with E-state index in [-0.39, 0.29) is 0 Å². The van der Waals surface area contributed by atoms with Gasteiger partial charge in [-0.05, 0) is 35.5 Å². The molecule has 0 nitrogen and oxygen atoms in total. The van der Waals surface area contributed by atoms with Crippen LogP contribution in [0.5, 0.6) is 0 Å². The topological polar surface area (TPSA) is 0 Å². The fraction of sp³-hybridized carbons (Fsp3) is 0.333. The third-order valence-electron chi connectivity index (χ3n) is 4.30. The first-order valence-electron chi connectivity index (χ1n) is 6.45. The maximum absolute atomic E-state index is 3.98. The highest BCUT2D eigenvalue weighted by Gasteiger charge is 2.43. The van der Waals surface area contributed by atoms with Gasteiger partial charge in [0.25, 0.3) is 0 Å². The summed E-state index contributed by atoms with van der Waals surface area (Å²) in [6, 6.07) is 0. The Morgan fingerprint density at radius 1 is 0.333 bits per heavy atom. The van der Waals surface area contributed by atoms with Crippen molar-refractivity contribution in [3.63, 3.8) is 0 Å². The first-order chi connectivity index (χ1) is 8.69. The summed E-state index contributed by atoms with van der Waals surface area (Å²) in [4.78, 5) is 0. The standard InChI is InChI=1S/C18H24/c1-7-13-14(8-2)16(10-4)18(12-6)17(11-5)15(13)9-3/h7-18H,1-6H2. The maximum atomic E-state index is 3.98. The van der Waals surface area contributed by atoms with Gasteiger partial charge in [-0.25, -0.2) is 0 Å². The van der Waals surface area contributed by atoms with E-state index < -0.39 is 0 Å². The van der Waals surface area contributed by atoms with E-state index in [1.54, 1.807) is 0 Å². The Kier molecular flexibility index (Phi) is 5.15. The monoisotopic (exact) mass is 240 g/mol. The van der Waals surface area contributed by atoms with E-state index >= 15 is 0 Å². The van der Waals surface area contributed by atoms with Crippen LogP contribution in [-0.4, -0.2) is 0 Å². The summed E-state index contributed by atoms with van der Waals surface area (Å²) in [7, 11) is 0. The molecular weight excluding hydrogens is 216 g/mol. The molecule has 0 aromatic carbocycles. The van der Waals surface area contributed by atoms with E-state index in [0.29, 0.717) is 35.5 Å².